The van der Waals surface area contributed by atoms with Gasteiger partial charge in [-0.25, -0.2) is 0 Å². The van der Waals surface area contributed by atoms with Gasteiger partial charge in [0.15, 0.2) is 6.29 Å². The molecule has 2 rings (SSSR count). The van der Waals surface area contributed by atoms with Crippen molar-refractivity contribution in [2.24, 2.45) is 0 Å². The van der Waals surface area contributed by atoms with Crippen molar-refractivity contribution in [3.8, 4) is 6.07 Å². The van der Waals surface area contributed by atoms with Gasteiger partial charge in [-0.3, -0.25) is 4.79 Å². The number of furan rings is 1. The first-order valence-corrected chi connectivity index (χ1v) is 4.84. The van der Waals surface area contributed by atoms with Crippen LogP contribution in [0.4, 0.5) is 0 Å². The summed E-state index contributed by atoms with van der Waals surface area (Å²) in [4.78, 5) is 10.9. The van der Waals surface area contributed by atoms with Crippen molar-refractivity contribution < 1.29 is 9.21 Å². The monoisotopic (exact) mass is 214 g/mol. The summed E-state index contributed by atoms with van der Waals surface area (Å²) in [5.41, 5.74) is 1.79. The molecular formula is C12H10N2O2. The molecule has 0 N–H and O–H groups in total. The van der Waals surface area contributed by atoms with Gasteiger partial charge in [0.25, 0.3) is 0 Å². The first-order chi connectivity index (χ1) is 7.76. The molecular weight excluding hydrogens is 204 g/mol. The number of aromatic nitrogens is 1. The van der Waals surface area contributed by atoms with E-state index in [2.05, 4.69) is 6.07 Å². The fourth-order valence-corrected chi connectivity index (χ4v) is 1.65. The van der Waals surface area contributed by atoms with Crippen molar-refractivity contribution in [2.75, 3.05) is 0 Å². The zero-order valence-corrected chi connectivity index (χ0v) is 8.80. The molecule has 0 fully saturated rings. The van der Waals surface area contributed by atoms with E-state index < -0.39 is 0 Å². The Morgan fingerprint density at radius 3 is 3.00 bits per heavy atom. The van der Waals surface area contributed by atoms with Crippen LogP contribution in [-0.4, -0.2) is 10.9 Å². The Morgan fingerprint density at radius 2 is 2.44 bits per heavy atom. The molecule has 2 aromatic rings. The minimum atomic E-state index is 0.467. The number of aldehydes is 1. The fraction of sp³-hybridized carbons (Fsp3) is 0.167. The number of rotatable bonds is 3. The molecule has 0 amide bonds. The Hall–Kier alpha value is -2.28. The van der Waals surface area contributed by atoms with Crippen LogP contribution < -0.4 is 0 Å². The molecule has 0 spiro atoms. The van der Waals surface area contributed by atoms with Crippen molar-refractivity contribution in [2.45, 2.75) is 13.5 Å². The average Bonchev–Trinajstić information content (AvgIpc) is 2.89. The minimum Gasteiger partial charge on any atom is -0.467 e. The first kappa shape index (κ1) is 10.2. The molecule has 0 unspecified atom stereocenters. The molecule has 4 heteroatoms. The van der Waals surface area contributed by atoms with Crippen LogP contribution in [0.3, 0.4) is 0 Å². The Balaban J connectivity index is 2.43. The molecule has 80 valence electrons. The first-order valence-electron chi connectivity index (χ1n) is 4.84. The lowest BCUT2D eigenvalue weighted by molar-refractivity contribution is 0.111. The van der Waals surface area contributed by atoms with Crippen LogP contribution in [0.5, 0.6) is 0 Å². The van der Waals surface area contributed by atoms with E-state index in [0.29, 0.717) is 17.8 Å². The summed E-state index contributed by atoms with van der Waals surface area (Å²) in [7, 11) is 0. The second kappa shape index (κ2) is 4.07. The maximum absolute atomic E-state index is 10.9. The second-order valence-electron chi connectivity index (χ2n) is 3.46. The average molecular weight is 214 g/mol. The number of nitriles is 1. The van der Waals surface area contributed by atoms with Crippen LogP contribution in [0.25, 0.3) is 0 Å². The van der Waals surface area contributed by atoms with Crippen molar-refractivity contribution in [3.05, 3.63) is 47.2 Å². The Morgan fingerprint density at radius 1 is 1.62 bits per heavy atom. The third kappa shape index (κ3) is 1.63. The van der Waals surface area contributed by atoms with E-state index >= 15 is 0 Å². The predicted octanol–water partition coefficient (Wildman–Crippen LogP) is 2.12. The molecule has 0 radical (unpaired) electrons. The number of hydrogen-bond donors (Lipinski definition) is 0. The van der Waals surface area contributed by atoms with Crippen LogP contribution in [-0.2, 0) is 6.54 Å². The molecule has 4 nitrogen and oxygen atoms in total. The molecule has 0 bridgehead atoms. The fourth-order valence-electron chi connectivity index (χ4n) is 1.65. The van der Waals surface area contributed by atoms with E-state index in [9.17, 15) is 4.79 Å². The second-order valence-corrected chi connectivity index (χ2v) is 3.46. The molecule has 0 saturated heterocycles. The maximum Gasteiger partial charge on any atom is 0.166 e. The summed E-state index contributed by atoms with van der Waals surface area (Å²) in [5, 5.41) is 8.88. The Labute approximate surface area is 92.7 Å². The molecule has 16 heavy (non-hydrogen) atoms. The summed E-state index contributed by atoms with van der Waals surface area (Å²) < 4.78 is 6.98. The van der Waals surface area contributed by atoms with E-state index in [0.717, 1.165) is 17.7 Å². The van der Waals surface area contributed by atoms with Gasteiger partial charge in [-0.05, 0) is 25.1 Å². The van der Waals surface area contributed by atoms with E-state index in [1.54, 1.807) is 23.0 Å². The van der Waals surface area contributed by atoms with Crippen molar-refractivity contribution >= 4 is 6.29 Å². The molecule has 2 aromatic heterocycles. The molecule has 0 aliphatic carbocycles. The largest absolute Gasteiger partial charge is 0.467 e. The zero-order valence-electron chi connectivity index (χ0n) is 8.80. The van der Waals surface area contributed by atoms with E-state index in [1.807, 2.05) is 13.0 Å². The molecule has 0 atom stereocenters. The number of carbonyl (C=O) groups is 1. The van der Waals surface area contributed by atoms with Gasteiger partial charge in [-0.15, -0.1) is 0 Å². The third-order valence-corrected chi connectivity index (χ3v) is 2.53. The number of hydrogen-bond acceptors (Lipinski definition) is 3. The van der Waals surface area contributed by atoms with Gasteiger partial charge in [-0.2, -0.15) is 5.26 Å². The standard InChI is InChI=1S/C12H10N2O2/c1-9-10(6-13)5-11(8-15)14(9)7-12-3-2-4-16-12/h2-5,8H,7H2,1H3. The van der Waals surface area contributed by atoms with Crippen LogP contribution in [0.15, 0.2) is 28.9 Å². The maximum atomic E-state index is 10.9. The van der Waals surface area contributed by atoms with Crippen molar-refractivity contribution in [1.29, 1.82) is 5.26 Å². The molecule has 0 aliphatic heterocycles. The van der Waals surface area contributed by atoms with Crippen LogP contribution in [0.1, 0.15) is 27.5 Å². The lowest BCUT2D eigenvalue weighted by Gasteiger charge is -2.05. The highest BCUT2D eigenvalue weighted by atomic mass is 16.3. The molecule has 0 aliphatic rings. The highest BCUT2D eigenvalue weighted by Gasteiger charge is 2.11. The highest BCUT2D eigenvalue weighted by molar-refractivity contribution is 5.74. The van der Waals surface area contributed by atoms with Gasteiger partial charge in [-0.1, -0.05) is 0 Å². The number of carbonyl (C=O) groups excluding carboxylic acids is 1. The van der Waals surface area contributed by atoms with Gasteiger partial charge in [0.2, 0.25) is 0 Å². The highest BCUT2D eigenvalue weighted by Crippen LogP contribution is 2.15. The van der Waals surface area contributed by atoms with E-state index in [4.69, 9.17) is 9.68 Å². The van der Waals surface area contributed by atoms with Gasteiger partial charge < -0.3 is 8.98 Å². The smallest absolute Gasteiger partial charge is 0.166 e. The van der Waals surface area contributed by atoms with Crippen LogP contribution in [0, 0.1) is 18.3 Å². The predicted molar refractivity (Wildman–Crippen MR) is 57.1 cm³/mol. The summed E-state index contributed by atoms with van der Waals surface area (Å²) in [5.74, 6) is 0.756. The lowest BCUT2D eigenvalue weighted by Crippen LogP contribution is -2.05. The minimum absolute atomic E-state index is 0.467. The van der Waals surface area contributed by atoms with Crippen LogP contribution in [0.2, 0.25) is 0 Å². The topological polar surface area (TPSA) is 58.9 Å². The van der Waals surface area contributed by atoms with Gasteiger partial charge >= 0.3 is 0 Å². The van der Waals surface area contributed by atoms with Gasteiger partial charge in [0.1, 0.15) is 11.8 Å². The van der Waals surface area contributed by atoms with E-state index in [-0.39, 0.29) is 0 Å². The quantitative estimate of drug-likeness (QED) is 0.735. The van der Waals surface area contributed by atoms with Crippen molar-refractivity contribution in [1.82, 2.24) is 4.57 Å². The van der Waals surface area contributed by atoms with Gasteiger partial charge in [0.05, 0.1) is 24.1 Å². The molecule has 2 heterocycles. The number of nitrogens with zero attached hydrogens (tertiary/aromatic N) is 2. The zero-order chi connectivity index (χ0) is 11.5. The lowest BCUT2D eigenvalue weighted by atomic mass is 10.3. The Kier molecular flexibility index (Phi) is 2.61. The van der Waals surface area contributed by atoms with Gasteiger partial charge in [0, 0.05) is 5.69 Å². The molecule has 0 aromatic carbocycles. The summed E-state index contributed by atoms with van der Waals surface area (Å²) in [6.07, 6.45) is 2.33. The third-order valence-electron chi connectivity index (χ3n) is 2.53. The van der Waals surface area contributed by atoms with Crippen molar-refractivity contribution in [3.63, 3.8) is 0 Å². The normalized spacial score (nSPS) is 10.0. The molecule has 0 saturated carbocycles. The summed E-state index contributed by atoms with van der Waals surface area (Å²) in [6, 6.07) is 7.27. The summed E-state index contributed by atoms with van der Waals surface area (Å²) in [6.45, 7) is 2.28. The SMILES string of the molecule is Cc1c(C#N)cc(C=O)n1Cc1ccco1. The summed E-state index contributed by atoms with van der Waals surface area (Å²) >= 11 is 0. The van der Waals surface area contributed by atoms with E-state index in [1.165, 1.54) is 0 Å². The van der Waals surface area contributed by atoms with Crippen LogP contribution >= 0.6 is 0 Å². The Bertz CT molecular complexity index is 544.